The third kappa shape index (κ3) is 2.62. The van der Waals surface area contributed by atoms with Crippen LogP contribution in [0.25, 0.3) is 11.0 Å². The molecule has 5 rings (SSSR count). The van der Waals surface area contributed by atoms with Gasteiger partial charge < -0.3 is 4.42 Å². The van der Waals surface area contributed by atoms with Crippen LogP contribution in [0.2, 0.25) is 5.02 Å². The largest absolute Gasteiger partial charge is 0.464 e. The first-order valence-electron chi connectivity index (χ1n) is 9.01. The lowest BCUT2D eigenvalue weighted by Crippen LogP contribution is -2.37. The van der Waals surface area contributed by atoms with Crippen molar-refractivity contribution in [1.29, 1.82) is 0 Å². The number of rotatable bonds is 2. The van der Waals surface area contributed by atoms with Gasteiger partial charge in [-0.05, 0) is 36.4 Å². The zero-order valence-electron chi connectivity index (χ0n) is 15.2. The number of benzene rings is 2. The Bertz CT molecular complexity index is 1210. The minimum atomic E-state index is -1.00. The minimum Gasteiger partial charge on any atom is -0.464 e. The van der Waals surface area contributed by atoms with Crippen molar-refractivity contribution in [3.63, 3.8) is 0 Å². The summed E-state index contributed by atoms with van der Waals surface area (Å²) in [5, 5.41) is 2.30. The molecule has 3 aromatic rings. The number of halogens is 1. The maximum atomic E-state index is 13.2. The molecule has 3 atom stereocenters. The fraction of sp³-hybridized carbons (Fsp3) is 0.190. The number of fused-ring (bicyclic) bond motifs is 2. The third-order valence-electron chi connectivity index (χ3n) is 5.42. The Balaban J connectivity index is 1.59. The molecule has 3 heterocycles. The Morgan fingerprint density at radius 1 is 0.966 bits per heavy atom. The van der Waals surface area contributed by atoms with Crippen molar-refractivity contribution in [3.8, 4) is 0 Å². The molecule has 0 unspecified atom stereocenters. The Kier molecular flexibility index (Phi) is 4.06. The Morgan fingerprint density at radius 3 is 2.45 bits per heavy atom. The molecule has 146 valence electrons. The van der Waals surface area contributed by atoms with Gasteiger partial charge in [0.2, 0.25) is 5.91 Å². The molecule has 1 aromatic heterocycles. The molecule has 2 saturated heterocycles. The summed E-state index contributed by atoms with van der Waals surface area (Å²) >= 11 is 5.91. The van der Waals surface area contributed by atoms with Crippen LogP contribution < -0.4 is 10.3 Å². The summed E-state index contributed by atoms with van der Waals surface area (Å²) in [6, 6.07) is 12.5. The zero-order valence-corrected chi connectivity index (χ0v) is 16.0. The van der Waals surface area contributed by atoms with Crippen molar-refractivity contribution < 1.29 is 18.8 Å². The van der Waals surface area contributed by atoms with E-state index in [0.29, 0.717) is 21.7 Å². The van der Waals surface area contributed by atoms with Crippen LogP contribution in [0.4, 0.5) is 5.69 Å². The van der Waals surface area contributed by atoms with Crippen molar-refractivity contribution in [1.82, 2.24) is 5.06 Å². The quantitative estimate of drug-likeness (QED) is 0.604. The van der Waals surface area contributed by atoms with E-state index in [1.165, 1.54) is 11.3 Å². The number of hydrogen-bond donors (Lipinski definition) is 0. The molecule has 29 heavy (non-hydrogen) atoms. The van der Waals surface area contributed by atoms with Crippen molar-refractivity contribution >= 4 is 40.1 Å². The molecule has 0 N–H and O–H groups in total. The second kappa shape index (κ2) is 6.52. The third-order valence-corrected chi connectivity index (χ3v) is 5.67. The van der Waals surface area contributed by atoms with Gasteiger partial charge in [0.25, 0.3) is 5.91 Å². The van der Waals surface area contributed by atoms with E-state index < -0.39 is 29.9 Å². The average Bonchev–Trinajstić information content (AvgIpc) is 3.17. The highest BCUT2D eigenvalue weighted by Crippen LogP contribution is 2.44. The van der Waals surface area contributed by atoms with E-state index in [0.717, 1.165) is 4.90 Å². The zero-order chi connectivity index (χ0) is 20.3. The molecule has 8 heteroatoms. The van der Waals surface area contributed by atoms with Gasteiger partial charge in [0.05, 0.1) is 34.9 Å². The lowest BCUT2D eigenvalue weighted by atomic mass is 9.91. The summed E-state index contributed by atoms with van der Waals surface area (Å²) in [6.07, 6.45) is 0.347. The molecule has 2 aliphatic rings. The van der Waals surface area contributed by atoms with Crippen molar-refractivity contribution in [2.24, 2.45) is 5.92 Å². The van der Waals surface area contributed by atoms with Gasteiger partial charge in [-0.15, -0.1) is 0 Å². The van der Waals surface area contributed by atoms with E-state index in [4.69, 9.17) is 20.9 Å². The molecule has 2 aromatic carbocycles. The monoisotopic (exact) mass is 410 g/mol. The van der Waals surface area contributed by atoms with E-state index in [2.05, 4.69) is 0 Å². The molecule has 0 aliphatic carbocycles. The number of nitrogens with zero attached hydrogens (tertiary/aromatic N) is 2. The minimum absolute atomic E-state index is 0.252. The molecular weight excluding hydrogens is 396 g/mol. The predicted molar refractivity (Wildman–Crippen MR) is 105 cm³/mol. The van der Waals surface area contributed by atoms with Gasteiger partial charge in [-0.2, -0.15) is 5.06 Å². The molecule has 2 fully saturated rings. The molecule has 7 nitrogen and oxygen atoms in total. The maximum absolute atomic E-state index is 13.2. The number of para-hydroxylation sites is 1. The summed E-state index contributed by atoms with van der Waals surface area (Å²) in [7, 11) is 1.60. The van der Waals surface area contributed by atoms with Gasteiger partial charge in [0, 0.05) is 12.1 Å². The molecule has 0 saturated carbocycles. The Hall–Kier alpha value is -3.00. The van der Waals surface area contributed by atoms with Crippen LogP contribution in [0.5, 0.6) is 0 Å². The maximum Gasteiger partial charge on any atom is 0.265 e. The topological polar surface area (TPSA) is 80.1 Å². The van der Waals surface area contributed by atoms with Crippen LogP contribution in [0.3, 0.4) is 0 Å². The van der Waals surface area contributed by atoms with Crippen LogP contribution >= 0.6 is 11.6 Å². The smallest absolute Gasteiger partial charge is 0.265 e. The van der Waals surface area contributed by atoms with Crippen molar-refractivity contribution in [2.75, 3.05) is 11.9 Å². The Morgan fingerprint density at radius 2 is 1.69 bits per heavy atom. The van der Waals surface area contributed by atoms with Gasteiger partial charge in [-0.3, -0.25) is 19.2 Å². The summed E-state index contributed by atoms with van der Waals surface area (Å²) in [5.74, 6) is -1.75. The number of imide groups is 1. The van der Waals surface area contributed by atoms with Gasteiger partial charge in [0.15, 0.2) is 11.5 Å². The first kappa shape index (κ1) is 18.1. The summed E-state index contributed by atoms with van der Waals surface area (Å²) in [6.45, 7) is 0. The first-order chi connectivity index (χ1) is 14.0. The van der Waals surface area contributed by atoms with Crippen LogP contribution in [0, 0.1) is 5.92 Å². The van der Waals surface area contributed by atoms with Gasteiger partial charge in [-0.1, -0.05) is 23.7 Å². The van der Waals surface area contributed by atoms with Gasteiger partial charge in [-0.25, -0.2) is 4.90 Å². The normalized spacial score (nSPS) is 24.5. The Labute approximate surface area is 170 Å². The molecule has 0 radical (unpaired) electrons. The number of hydrogen-bond acceptors (Lipinski definition) is 6. The summed E-state index contributed by atoms with van der Waals surface area (Å²) < 4.78 is 5.61. The number of carbonyl (C=O) groups is 2. The fourth-order valence-electron chi connectivity index (χ4n) is 4.08. The lowest BCUT2D eigenvalue weighted by molar-refractivity contribution is -0.160. The average molecular weight is 411 g/mol. The lowest BCUT2D eigenvalue weighted by Gasteiger charge is -2.23. The predicted octanol–water partition coefficient (Wildman–Crippen LogP) is 2.92. The number of amides is 2. The summed E-state index contributed by atoms with van der Waals surface area (Å²) in [5.41, 5.74) is 0.890. The molecule has 0 bridgehead atoms. The van der Waals surface area contributed by atoms with E-state index >= 15 is 0 Å². The van der Waals surface area contributed by atoms with Crippen LogP contribution in [-0.4, -0.2) is 30.0 Å². The van der Waals surface area contributed by atoms with E-state index in [1.807, 2.05) is 0 Å². The molecular formula is C21H15ClN2O5. The van der Waals surface area contributed by atoms with Gasteiger partial charge >= 0.3 is 0 Å². The van der Waals surface area contributed by atoms with Crippen molar-refractivity contribution in [2.45, 2.75) is 12.1 Å². The van der Waals surface area contributed by atoms with E-state index in [1.54, 1.807) is 55.6 Å². The van der Waals surface area contributed by atoms with E-state index in [9.17, 15) is 14.4 Å². The highest BCUT2D eigenvalue weighted by atomic mass is 35.5. The SMILES string of the molecule is CN1O[C@H]2C(=O)N(c3ccc(Cl)cc3)C(=O)[C@@H]2[C@H]1c1coc2ccccc2c1=O. The number of anilines is 1. The van der Waals surface area contributed by atoms with Crippen molar-refractivity contribution in [3.05, 3.63) is 75.6 Å². The number of carbonyl (C=O) groups excluding carboxylic acids is 2. The van der Waals surface area contributed by atoms with Crippen LogP contribution in [0.15, 0.2) is 64.0 Å². The fourth-order valence-corrected chi connectivity index (χ4v) is 4.21. The number of hydroxylamine groups is 2. The van der Waals surface area contributed by atoms with Gasteiger partial charge in [0.1, 0.15) is 5.58 Å². The second-order valence-electron chi connectivity index (χ2n) is 7.05. The standard InChI is InChI=1S/C21H15ClN2O5/c1-23-17(14-10-28-15-5-3-2-4-13(15)18(14)25)16-19(29-23)21(27)24(20(16)26)12-8-6-11(22)7-9-12/h2-10,16-17,19H,1H3/t16-,17-,19-/m1/s1. The second-order valence-corrected chi connectivity index (χ2v) is 7.48. The van der Waals surface area contributed by atoms with Crippen LogP contribution in [0.1, 0.15) is 11.6 Å². The molecule has 0 spiro atoms. The highest BCUT2D eigenvalue weighted by molar-refractivity contribution is 6.31. The molecule has 2 amide bonds. The first-order valence-corrected chi connectivity index (χ1v) is 9.38. The molecule has 2 aliphatic heterocycles. The highest BCUT2D eigenvalue weighted by Gasteiger charge is 2.59. The van der Waals surface area contributed by atoms with Crippen LogP contribution in [-0.2, 0) is 14.4 Å². The summed E-state index contributed by atoms with van der Waals surface area (Å²) in [4.78, 5) is 46.0. The van der Waals surface area contributed by atoms with E-state index in [-0.39, 0.29) is 11.0 Å².